The molecule has 18 heavy (non-hydrogen) atoms. The molecule has 0 bridgehead atoms. The number of aryl methyl sites for hydroxylation is 1. The molecular formula is C14H16FNOS. The molecule has 0 amide bonds. The van der Waals surface area contributed by atoms with E-state index in [2.05, 4.69) is 4.99 Å². The van der Waals surface area contributed by atoms with Crippen LogP contribution in [0.4, 0.5) is 4.39 Å². The van der Waals surface area contributed by atoms with Gasteiger partial charge in [-0.25, -0.2) is 9.18 Å². The van der Waals surface area contributed by atoms with Crippen molar-refractivity contribution < 1.29 is 9.18 Å². The molecule has 0 aromatic heterocycles. The van der Waals surface area contributed by atoms with Crippen molar-refractivity contribution in [3.8, 4) is 0 Å². The predicted molar refractivity (Wildman–Crippen MR) is 71.2 cm³/mol. The predicted octanol–water partition coefficient (Wildman–Crippen LogP) is 3.96. The first-order valence-electron chi connectivity index (χ1n) is 6.06. The van der Waals surface area contributed by atoms with Crippen LogP contribution in [0.1, 0.15) is 36.8 Å². The lowest BCUT2D eigenvalue weighted by Crippen LogP contribution is -2.21. The van der Waals surface area contributed by atoms with Gasteiger partial charge in [0.2, 0.25) is 6.08 Å². The second kappa shape index (κ2) is 5.25. The molecule has 96 valence electrons. The van der Waals surface area contributed by atoms with Gasteiger partial charge in [-0.1, -0.05) is 12.8 Å². The number of rotatable bonds is 3. The van der Waals surface area contributed by atoms with E-state index in [1.54, 1.807) is 23.9 Å². The Morgan fingerprint density at radius 2 is 2.06 bits per heavy atom. The quantitative estimate of drug-likeness (QED) is 0.470. The van der Waals surface area contributed by atoms with Crippen molar-refractivity contribution in [3.05, 3.63) is 29.1 Å². The van der Waals surface area contributed by atoms with Gasteiger partial charge < -0.3 is 0 Å². The molecule has 0 radical (unpaired) electrons. The minimum absolute atomic E-state index is 0.258. The normalized spacial score (nSPS) is 17.5. The number of nitrogens with zero attached hydrogens (tertiary/aromatic N) is 1. The number of carbonyl (C=O) groups excluding carboxylic acids is 1. The van der Waals surface area contributed by atoms with Gasteiger partial charge in [-0.3, -0.25) is 0 Å². The number of hydrogen-bond acceptors (Lipinski definition) is 3. The number of isocyanates is 1. The van der Waals surface area contributed by atoms with E-state index in [9.17, 15) is 9.18 Å². The molecular weight excluding hydrogens is 249 g/mol. The van der Waals surface area contributed by atoms with Crippen LogP contribution in [0.3, 0.4) is 0 Å². The Morgan fingerprint density at radius 3 is 2.61 bits per heavy atom. The molecule has 2 rings (SSSR count). The Kier molecular flexibility index (Phi) is 3.88. The maximum atomic E-state index is 14.2. The third-order valence-electron chi connectivity index (χ3n) is 3.68. The second-order valence-corrected chi connectivity index (χ2v) is 5.59. The van der Waals surface area contributed by atoms with Crippen LogP contribution in [0.25, 0.3) is 0 Å². The third kappa shape index (κ3) is 2.23. The molecule has 0 atom stereocenters. The molecule has 0 saturated heterocycles. The Balaban J connectivity index is 2.57. The number of hydrogen-bond donors (Lipinski definition) is 0. The summed E-state index contributed by atoms with van der Waals surface area (Å²) in [4.78, 5) is 15.6. The van der Waals surface area contributed by atoms with Crippen molar-refractivity contribution in [2.24, 2.45) is 4.99 Å². The van der Waals surface area contributed by atoms with E-state index < -0.39 is 5.54 Å². The van der Waals surface area contributed by atoms with E-state index in [0.717, 1.165) is 36.1 Å². The summed E-state index contributed by atoms with van der Waals surface area (Å²) in [5.41, 5.74) is 0.801. The third-order valence-corrected chi connectivity index (χ3v) is 4.56. The Bertz CT molecular complexity index is 503. The van der Waals surface area contributed by atoms with Crippen LogP contribution in [0.15, 0.2) is 22.0 Å². The standard InChI is InChI=1S/C14H16FNOS/c1-10-7-12(15)11(8-13(10)18-2)14(16-9-17)5-3-4-6-14/h7-8H,3-6H2,1-2H3. The molecule has 0 aliphatic heterocycles. The number of aliphatic imine (C=N–C) groups is 1. The highest BCUT2D eigenvalue weighted by molar-refractivity contribution is 7.98. The fourth-order valence-electron chi connectivity index (χ4n) is 2.72. The van der Waals surface area contributed by atoms with Crippen molar-refractivity contribution in [2.45, 2.75) is 43.0 Å². The molecule has 0 heterocycles. The first-order chi connectivity index (χ1) is 8.63. The summed E-state index contributed by atoms with van der Waals surface area (Å²) in [6, 6.07) is 3.39. The van der Waals surface area contributed by atoms with E-state index in [-0.39, 0.29) is 5.82 Å². The average Bonchev–Trinajstić information content (AvgIpc) is 2.79. The fourth-order valence-corrected chi connectivity index (χ4v) is 3.33. The highest BCUT2D eigenvalue weighted by atomic mass is 32.2. The zero-order chi connectivity index (χ0) is 13.2. The van der Waals surface area contributed by atoms with Gasteiger partial charge in [0.05, 0.1) is 0 Å². The summed E-state index contributed by atoms with van der Waals surface area (Å²) in [7, 11) is 0. The molecule has 1 aliphatic carbocycles. The molecule has 4 heteroatoms. The monoisotopic (exact) mass is 265 g/mol. The van der Waals surface area contributed by atoms with Crippen LogP contribution in [0.5, 0.6) is 0 Å². The highest BCUT2D eigenvalue weighted by Gasteiger charge is 2.38. The van der Waals surface area contributed by atoms with E-state index in [0.29, 0.717) is 5.56 Å². The second-order valence-electron chi connectivity index (χ2n) is 4.74. The lowest BCUT2D eigenvalue weighted by Gasteiger charge is -2.24. The van der Waals surface area contributed by atoms with Crippen LogP contribution in [-0.4, -0.2) is 12.3 Å². The van der Waals surface area contributed by atoms with Crippen LogP contribution in [0.2, 0.25) is 0 Å². The largest absolute Gasteiger partial charge is 0.235 e. The topological polar surface area (TPSA) is 29.4 Å². The first-order valence-corrected chi connectivity index (χ1v) is 7.29. The van der Waals surface area contributed by atoms with Gasteiger partial charge in [-0.05, 0) is 43.7 Å². The maximum Gasteiger partial charge on any atom is 0.235 e. The molecule has 0 spiro atoms. The van der Waals surface area contributed by atoms with Crippen molar-refractivity contribution in [3.63, 3.8) is 0 Å². The van der Waals surface area contributed by atoms with Crippen LogP contribution >= 0.6 is 11.8 Å². The average molecular weight is 265 g/mol. The molecule has 1 aromatic rings. The van der Waals surface area contributed by atoms with E-state index in [4.69, 9.17) is 0 Å². The molecule has 1 aliphatic rings. The summed E-state index contributed by atoms with van der Waals surface area (Å²) < 4.78 is 14.2. The van der Waals surface area contributed by atoms with E-state index in [1.165, 1.54) is 0 Å². The van der Waals surface area contributed by atoms with E-state index >= 15 is 0 Å². The van der Waals surface area contributed by atoms with Gasteiger partial charge >= 0.3 is 0 Å². The molecule has 1 aromatic carbocycles. The van der Waals surface area contributed by atoms with Gasteiger partial charge in [-0.2, -0.15) is 4.99 Å². The van der Waals surface area contributed by atoms with Gasteiger partial charge in [0.15, 0.2) is 0 Å². The summed E-state index contributed by atoms with van der Waals surface area (Å²) in [6.07, 6.45) is 7.02. The van der Waals surface area contributed by atoms with Crippen LogP contribution < -0.4 is 0 Å². The highest BCUT2D eigenvalue weighted by Crippen LogP contribution is 2.44. The van der Waals surface area contributed by atoms with Gasteiger partial charge in [-0.15, -0.1) is 11.8 Å². The Hall–Kier alpha value is -1.12. The zero-order valence-electron chi connectivity index (χ0n) is 10.6. The zero-order valence-corrected chi connectivity index (χ0v) is 11.4. The minimum atomic E-state index is -0.677. The molecule has 2 nitrogen and oxygen atoms in total. The van der Waals surface area contributed by atoms with Crippen molar-refractivity contribution in [1.29, 1.82) is 0 Å². The summed E-state index contributed by atoms with van der Waals surface area (Å²) in [6.45, 7) is 1.89. The van der Waals surface area contributed by atoms with Gasteiger partial charge in [0, 0.05) is 10.5 Å². The molecule has 0 N–H and O–H groups in total. The first kappa shape index (κ1) is 13.3. The van der Waals surface area contributed by atoms with Crippen molar-refractivity contribution in [1.82, 2.24) is 0 Å². The maximum absolute atomic E-state index is 14.2. The summed E-state index contributed by atoms with van der Waals surface area (Å²) >= 11 is 1.59. The van der Waals surface area contributed by atoms with E-state index in [1.807, 2.05) is 19.2 Å². The minimum Gasteiger partial charge on any atom is -0.211 e. The Labute approximate surface area is 111 Å². The lowest BCUT2D eigenvalue weighted by molar-refractivity contribution is 0.429. The number of halogens is 1. The lowest BCUT2D eigenvalue weighted by atomic mass is 9.88. The molecule has 0 unspecified atom stereocenters. The number of benzene rings is 1. The van der Waals surface area contributed by atoms with Crippen LogP contribution in [0, 0.1) is 12.7 Å². The fraction of sp³-hybridized carbons (Fsp3) is 0.500. The molecule has 1 fully saturated rings. The SMILES string of the molecule is CSc1cc(C2(N=C=O)CCCC2)c(F)cc1C. The van der Waals surface area contributed by atoms with Gasteiger partial charge in [0.25, 0.3) is 0 Å². The van der Waals surface area contributed by atoms with Gasteiger partial charge in [0.1, 0.15) is 11.4 Å². The van der Waals surface area contributed by atoms with Crippen LogP contribution in [-0.2, 0) is 10.3 Å². The number of thioether (sulfide) groups is 1. The van der Waals surface area contributed by atoms with Crippen molar-refractivity contribution >= 4 is 17.8 Å². The van der Waals surface area contributed by atoms with Crippen molar-refractivity contribution in [2.75, 3.05) is 6.26 Å². The smallest absolute Gasteiger partial charge is 0.211 e. The Morgan fingerprint density at radius 1 is 1.39 bits per heavy atom. The molecule has 1 saturated carbocycles. The summed E-state index contributed by atoms with van der Waals surface area (Å²) in [5, 5.41) is 0. The summed E-state index contributed by atoms with van der Waals surface area (Å²) in [5.74, 6) is -0.258.